The van der Waals surface area contributed by atoms with Crippen LogP contribution in [0.3, 0.4) is 0 Å². The molecule has 1 saturated heterocycles. The normalized spacial score (nSPS) is 18.9. The van der Waals surface area contributed by atoms with Gasteiger partial charge in [0.1, 0.15) is 17.4 Å². The number of aromatic nitrogens is 4. The summed E-state index contributed by atoms with van der Waals surface area (Å²) in [6.45, 7) is 7.18. The van der Waals surface area contributed by atoms with Gasteiger partial charge in [-0.25, -0.2) is 4.98 Å². The van der Waals surface area contributed by atoms with Gasteiger partial charge < -0.3 is 24.6 Å². The average Bonchev–Trinajstić information content (AvgIpc) is 3.47. The monoisotopic (exact) mass is 493 g/mol. The molecule has 2 aromatic carbocycles. The van der Waals surface area contributed by atoms with Gasteiger partial charge in [0.05, 0.1) is 13.2 Å². The molecule has 3 N–H and O–H groups in total. The van der Waals surface area contributed by atoms with Crippen molar-refractivity contribution in [1.29, 1.82) is 0 Å². The van der Waals surface area contributed by atoms with Crippen molar-refractivity contribution in [2.24, 2.45) is 0 Å². The maximum absolute atomic E-state index is 13.5. The molecule has 2 unspecified atom stereocenters. The molecule has 0 amide bonds. The molecule has 2 atom stereocenters. The number of nitrogens with one attached hydrogen (secondary N) is 1. The Labute approximate surface area is 203 Å². The maximum Gasteiger partial charge on any atom is 0.312 e. The minimum absolute atomic E-state index is 0.00303. The van der Waals surface area contributed by atoms with Crippen LogP contribution in [0.15, 0.2) is 60.7 Å². The van der Waals surface area contributed by atoms with E-state index in [1.54, 1.807) is 0 Å². The fraction of sp³-hybridized carbons (Fsp3) is 0.320. The molecule has 0 saturated carbocycles. The number of hydrogen-bond acceptors (Lipinski definition) is 7. The Hall–Kier alpha value is -3.18. The maximum atomic E-state index is 13.5. The van der Waals surface area contributed by atoms with Gasteiger partial charge in [-0.1, -0.05) is 81.4 Å². The van der Waals surface area contributed by atoms with E-state index in [4.69, 9.17) is 19.6 Å². The smallest absolute Gasteiger partial charge is 0.312 e. The highest BCUT2D eigenvalue weighted by molar-refractivity contribution is 6.99. The van der Waals surface area contributed by atoms with Gasteiger partial charge in [-0.2, -0.15) is 14.4 Å². The first kappa shape index (κ1) is 23.6. The van der Waals surface area contributed by atoms with E-state index < -0.39 is 26.8 Å². The van der Waals surface area contributed by atoms with Gasteiger partial charge in [0.25, 0.3) is 8.32 Å². The predicted molar refractivity (Wildman–Crippen MR) is 133 cm³/mol. The Morgan fingerprint density at radius 3 is 2.26 bits per heavy atom. The molecule has 8 nitrogen and oxygen atoms in total. The summed E-state index contributed by atoms with van der Waals surface area (Å²) in [5, 5.41) is 2.20. The highest BCUT2D eigenvalue weighted by atomic mass is 28.4. The zero-order valence-corrected chi connectivity index (χ0v) is 20.9. The van der Waals surface area contributed by atoms with Gasteiger partial charge >= 0.3 is 6.08 Å². The number of benzene rings is 2. The lowest BCUT2D eigenvalue weighted by atomic mass is 10.2. The number of anilines is 1. The van der Waals surface area contributed by atoms with Crippen molar-refractivity contribution < 1.29 is 18.3 Å². The third kappa shape index (κ3) is 4.34. The molecule has 0 spiro atoms. The molecule has 5 rings (SSSR count). The minimum Gasteiger partial charge on any atom is -0.402 e. The molecule has 0 bridgehead atoms. The molecule has 0 aliphatic carbocycles. The number of nitrogen functional groups attached to an aromatic ring is 1. The number of hydrogen-bond donors (Lipinski definition) is 2. The summed E-state index contributed by atoms with van der Waals surface area (Å²) in [6, 6.07) is 20.8. The van der Waals surface area contributed by atoms with Crippen LogP contribution in [-0.4, -0.2) is 47.8 Å². The molecule has 1 aliphatic heterocycles. The van der Waals surface area contributed by atoms with E-state index in [0.29, 0.717) is 11.3 Å². The third-order valence-corrected chi connectivity index (χ3v) is 11.3. The zero-order chi connectivity index (χ0) is 24.6. The highest BCUT2D eigenvalue weighted by Crippen LogP contribution is 2.37. The first-order valence-corrected chi connectivity index (χ1v) is 13.4. The number of halogens is 1. The molecule has 2 aromatic heterocycles. The summed E-state index contributed by atoms with van der Waals surface area (Å²) in [6.07, 6.45) is -2.00. The second-order valence-corrected chi connectivity index (χ2v) is 13.9. The van der Waals surface area contributed by atoms with Crippen LogP contribution in [0.5, 0.6) is 0 Å². The summed E-state index contributed by atoms with van der Waals surface area (Å²) < 4.78 is 32.5. The fourth-order valence-corrected chi connectivity index (χ4v) is 9.25. The summed E-state index contributed by atoms with van der Waals surface area (Å²) in [4.78, 5) is 14.6. The van der Waals surface area contributed by atoms with E-state index in [9.17, 15) is 4.39 Å². The lowest BCUT2D eigenvalue weighted by Gasteiger charge is -2.43. The van der Waals surface area contributed by atoms with E-state index in [0.717, 1.165) is 0 Å². The van der Waals surface area contributed by atoms with Crippen LogP contribution < -0.4 is 16.1 Å². The Balaban J connectivity index is 1.40. The van der Waals surface area contributed by atoms with E-state index in [-0.39, 0.29) is 29.7 Å². The fourth-order valence-electron chi connectivity index (χ4n) is 4.70. The van der Waals surface area contributed by atoms with Gasteiger partial charge in [-0.15, -0.1) is 0 Å². The molecule has 4 aromatic rings. The SMILES string of the molecule is CC(C)(C)[Si](OCC1OCC(c2nc3nc(F)nc(N)c3[nH]2)O1)(c1ccccc1)c1ccccc1. The van der Waals surface area contributed by atoms with E-state index >= 15 is 0 Å². The van der Waals surface area contributed by atoms with Crippen LogP contribution in [-0.2, 0) is 13.9 Å². The lowest BCUT2D eigenvalue weighted by molar-refractivity contribution is -0.0851. The number of nitrogens with two attached hydrogens (primary N) is 1. The molecule has 0 radical (unpaired) electrons. The summed E-state index contributed by atoms with van der Waals surface area (Å²) in [5.74, 6) is 0.455. The van der Waals surface area contributed by atoms with Crippen LogP contribution in [0.1, 0.15) is 32.7 Å². The number of fused-ring (bicyclic) bond motifs is 1. The van der Waals surface area contributed by atoms with Crippen LogP contribution >= 0.6 is 0 Å². The molecule has 1 fully saturated rings. The van der Waals surface area contributed by atoms with Gasteiger partial charge in [-0.05, 0) is 15.4 Å². The van der Waals surface area contributed by atoms with E-state index in [2.05, 4.69) is 65.0 Å². The van der Waals surface area contributed by atoms with Gasteiger partial charge in [0.15, 0.2) is 17.8 Å². The number of aromatic amines is 1. The molecule has 3 heterocycles. The zero-order valence-electron chi connectivity index (χ0n) is 19.9. The van der Waals surface area contributed by atoms with Gasteiger partial charge in [-0.3, -0.25) is 0 Å². The number of rotatable bonds is 6. The average molecular weight is 494 g/mol. The molecule has 182 valence electrons. The van der Waals surface area contributed by atoms with E-state index in [1.165, 1.54) is 10.4 Å². The van der Waals surface area contributed by atoms with Crippen LogP contribution in [0, 0.1) is 6.08 Å². The first-order chi connectivity index (χ1) is 16.8. The largest absolute Gasteiger partial charge is 0.402 e. The van der Waals surface area contributed by atoms with Crippen molar-refractivity contribution >= 4 is 35.7 Å². The molecule has 10 heteroatoms. The van der Waals surface area contributed by atoms with Gasteiger partial charge in [0.2, 0.25) is 0 Å². The second kappa shape index (κ2) is 9.12. The van der Waals surface area contributed by atoms with Gasteiger partial charge in [0, 0.05) is 0 Å². The van der Waals surface area contributed by atoms with Crippen molar-refractivity contribution in [3.63, 3.8) is 0 Å². The van der Waals surface area contributed by atoms with Crippen molar-refractivity contribution in [3.05, 3.63) is 72.6 Å². The molecular formula is C25H28FN5O3Si. The predicted octanol–water partition coefficient (Wildman–Crippen LogP) is 3.06. The minimum atomic E-state index is -2.72. The Morgan fingerprint density at radius 2 is 1.66 bits per heavy atom. The van der Waals surface area contributed by atoms with Crippen molar-refractivity contribution in [2.75, 3.05) is 18.9 Å². The number of nitrogens with zero attached hydrogens (tertiary/aromatic N) is 3. The topological polar surface area (TPSA) is 108 Å². The first-order valence-electron chi connectivity index (χ1n) is 11.5. The quantitative estimate of drug-likeness (QED) is 0.314. The number of H-pyrrole nitrogens is 1. The Kier molecular flexibility index (Phi) is 6.14. The van der Waals surface area contributed by atoms with Crippen LogP contribution in [0.25, 0.3) is 11.2 Å². The molecular weight excluding hydrogens is 465 g/mol. The standard InChI is InChI=1S/C25H28FN5O3Si/c1-25(2,3)35(16-10-6-4-7-11-16,17-12-8-5-9-13-17)33-15-19-32-14-18(34-19)22-28-20-21(27)29-24(26)31-23(20)30-22/h4-13,18-19H,14-15H2,1-3H3,(H3,27,28,29,30,31). The second-order valence-electron chi connectivity index (χ2n) is 9.56. The Bertz CT molecular complexity index is 1270. The molecule has 1 aliphatic rings. The highest BCUT2D eigenvalue weighted by Gasteiger charge is 2.50. The number of imidazole rings is 1. The van der Waals surface area contributed by atoms with Crippen molar-refractivity contribution in [3.8, 4) is 0 Å². The molecule has 35 heavy (non-hydrogen) atoms. The lowest BCUT2D eigenvalue weighted by Crippen LogP contribution is -2.67. The van der Waals surface area contributed by atoms with Crippen LogP contribution in [0.4, 0.5) is 10.2 Å². The van der Waals surface area contributed by atoms with Crippen LogP contribution in [0.2, 0.25) is 5.04 Å². The number of ether oxygens (including phenoxy) is 2. The van der Waals surface area contributed by atoms with Crippen molar-refractivity contribution in [1.82, 2.24) is 19.9 Å². The summed E-state index contributed by atoms with van der Waals surface area (Å²) in [7, 11) is -2.72. The van der Waals surface area contributed by atoms with Crippen molar-refractivity contribution in [2.45, 2.75) is 38.2 Å². The Morgan fingerprint density at radius 1 is 1.03 bits per heavy atom. The third-order valence-electron chi connectivity index (χ3n) is 6.28. The van der Waals surface area contributed by atoms with E-state index in [1.807, 2.05) is 36.4 Å². The summed E-state index contributed by atoms with van der Waals surface area (Å²) >= 11 is 0. The summed E-state index contributed by atoms with van der Waals surface area (Å²) in [5.41, 5.74) is 6.32.